The summed E-state index contributed by atoms with van der Waals surface area (Å²) in [5.41, 5.74) is 4.13. The second kappa shape index (κ2) is 5.18. The molecule has 106 valence electrons. The van der Waals surface area contributed by atoms with E-state index in [4.69, 9.17) is 5.11 Å². The van der Waals surface area contributed by atoms with E-state index in [1.807, 2.05) is 32.0 Å². The van der Waals surface area contributed by atoms with Gasteiger partial charge in [0, 0.05) is 5.69 Å². The number of nitrogens with one attached hydrogen (secondary N) is 1. The number of hydrogen-bond acceptors (Lipinski definition) is 4. The number of carboxylic acid groups (broad SMARTS) is 1. The Labute approximate surface area is 126 Å². The number of carboxylic acids is 1. The molecule has 0 bridgehead atoms. The van der Waals surface area contributed by atoms with Crippen molar-refractivity contribution in [2.45, 2.75) is 13.8 Å². The Hall–Kier alpha value is -2.40. The van der Waals surface area contributed by atoms with Crippen LogP contribution < -0.4 is 5.32 Å². The Morgan fingerprint density at radius 2 is 2.00 bits per heavy atom. The second-order valence-electron chi connectivity index (χ2n) is 4.90. The van der Waals surface area contributed by atoms with E-state index in [1.54, 1.807) is 29.5 Å². The Balaban J connectivity index is 2.00. The summed E-state index contributed by atoms with van der Waals surface area (Å²) < 4.78 is 1.12. The number of fused-ring (bicyclic) bond motifs is 1. The Bertz CT molecular complexity index is 839. The highest BCUT2D eigenvalue weighted by atomic mass is 32.1. The average Bonchev–Trinajstić information content (AvgIpc) is 2.85. The fourth-order valence-corrected chi connectivity index (χ4v) is 3.10. The molecule has 0 spiro atoms. The lowest BCUT2D eigenvalue weighted by Gasteiger charge is -2.07. The van der Waals surface area contributed by atoms with E-state index in [2.05, 4.69) is 10.3 Å². The van der Waals surface area contributed by atoms with Crippen molar-refractivity contribution in [1.82, 2.24) is 4.98 Å². The Kier molecular flexibility index (Phi) is 3.35. The number of hydrogen-bond donors (Lipinski definition) is 2. The fraction of sp³-hybridized carbons (Fsp3) is 0.125. The minimum Gasteiger partial charge on any atom is -0.478 e. The molecule has 0 unspecified atom stereocenters. The lowest BCUT2D eigenvalue weighted by Crippen LogP contribution is -1.99. The van der Waals surface area contributed by atoms with Crippen molar-refractivity contribution in [3.8, 4) is 0 Å². The molecule has 0 saturated carbocycles. The molecule has 1 heterocycles. The molecule has 0 radical (unpaired) electrons. The van der Waals surface area contributed by atoms with E-state index in [9.17, 15) is 4.79 Å². The van der Waals surface area contributed by atoms with Gasteiger partial charge in [0.2, 0.25) is 0 Å². The van der Waals surface area contributed by atoms with Gasteiger partial charge in [-0.3, -0.25) is 0 Å². The summed E-state index contributed by atoms with van der Waals surface area (Å²) in [5.74, 6) is -0.932. The topological polar surface area (TPSA) is 62.2 Å². The summed E-state index contributed by atoms with van der Waals surface area (Å²) in [4.78, 5) is 15.6. The van der Waals surface area contributed by atoms with Crippen LogP contribution in [0.2, 0.25) is 0 Å². The number of anilines is 2. The first kappa shape index (κ1) is 13.6. The number of carbonyl (C=O) groups is 1. The van der Waals surface area contributed by atoms with Gasteiger partial charge in [-0.15, -0.1) is 0 Å². The maximum Gasteiger partial charge on any atom is 0.335 e. The van der Waals surface area contributed by atoms with Gasteiger partial charge in [0.15, 0.2) is 5.13 Å². The molecule has 0 fully saturated rings. The maximum atomic E-state index is 11.1. The summed E-state index contributed by atoms with van der Waals surface area (Å²) in [6, 6.07) is 11.1. The number of nitrogens with zero attached hydrogens (tertiary/aromatic N) is 1. The number of aromatic carboxylic acids is 1. The molecular weight excluding hydrogens is 284 g/mol. The Morgan fingerprint density at radius 1 is 1.19 bits per heavy atom. The Morgan fingerprint density at radius 3 is 2.71 bits per heavy atom. The summed E-state index contributed by atoms with van der Waals surface area (Å²) in [5, 5.41) is 13.1. The highest BCUT2D eigenvalue weighted by molar-refractivity contribution is 7.22. The zero-order chi connectivity index (χ0) is 15.0. The number of para-hydroxylation sites is 1. The van der Waals surface area contributed by atoms with Crippen molar-refractivity contribution < 1.29 is 9.90 Å². The molecule has 3 aromatic rings. The highest BCUT2D eigenvalue weighted by Crippen LogP contribution is 2.31. The van der Waals surface area contributed by atoms with E-state index >= 15 is 0 Å². The van der Waals surface area contributed by atoms with Gasteiger partial charge in [-0.05, 0) is 43.2 Å². The molecule has 0 aliphatic carbocycles. The number of aromatic nitrogens is 1. The van der Waals surface area contributed by atoms with Gasteiger partial charge in [0.25, 0.3) is 0 Å². The van der Waals surface area contributed by atoms with E-state index in [0.29, 0.717) is 0 Å². The lowest BCUT2D eigenvalue weighted by molar-refractivity contribution is 0.0697. The molecule has 2 N–H and O–H groups in total. The van der Waals surface area contributed by atoms with Crippen molar-refractivity contribution in [2.24, 2.45) is 0 Å². The molecular formula is C16H14N2O2S. The van der Waals surface area contributed by atoms with Crippen LogP contribution in [0.25, 0.3) is 10.2 Å². The van der Waals surface area contributed by atoms with Crippen LogP contribution in [0.1, 0.15) is 21.5 Å². The van der Waals surface area contributed by atoms with Crippen LogP contribution in [-0.2, 0) is 0 Å². The van der Waals surface area contributed by atoms with Gasteiger partial charge in [-0.1, -0.05) is 29.5 Å². The average molecular weight is 298 g/mol. The van der Waals surface area contributed by atoms with Crippen molar-refractivity contribution >= 4 is 38.3 Å². The standard InChI is InChI=1S/C16H14N2O2S/c1-9-6-7-11(15(19)20)8-12(9)17-16-18-14-10(2)4-3-5-13(14)21-16/h3-8H,1-2H3,(H,17,18)(H,19,20). The molecule has 2 aromatic carbocycles. The molecule has 0 aliphatic rings. The largest absolute Gasteiger partial charge is 0.478 e. The predicted molar refractivity (Wildman–Crippen MR) is 85.8 cm³/mol. The minimum absolute atomic E-state index is 0.264. The van der Waals surface area contributed by atoms with Crippen LogP contribution >= 0.6 is 11.3 Å². The zero-order valence-corrected chi connectivity index (χ0v) is 12.5. The zero-order valence-electron chi connectivity index (χ0n) is 11.7. The smallest absolute Gasteiger partial charge is 0.335 e. The van der Waals surface area contributed by atoms with Crippen LogP contribution in [-0.4, -0.2) is 16.1 Å². The minimum atomic E-state index is -0.932. The molecule has 1 aromatic heterocycles. The third-order valence-corrected chi connectivity index (χ3v) is 4.28. The quantitative estimate of drug-likeness (QED) is 0.754. The number of benzene rings is 2. The molecule has 0 saturated heterocycles. The summed E-state index contributed by atoms with van der Waals surface area (Å²) in [7, 11) is 0. The number of rotatable bonds is 3. The first-order valence-corrected chi connectivity index (χ1v) is 7.33. The third kappa shape index (κ3) is 2.60. The highest BCUT2D eigenvalue weighted by Gasteiger charge is 2.09. The third-order valence-electron chi connectivity index (χ3n) is 3.35. The van der Waals surface area contributed by atoms with Crippen LogP contribution in [0.15, 0.2) is 36.4 Å². The maximum absolute atomic E-state index is 11.1. The van der Waals surface area contributed by atoms with Gasteiger partial charge < -0.3 is 10.4 Å². The number of thiazole rings is 1. The summed E-state index contributed by atoms with van der Waals surface area (Å²) in [6.45, 7) is 3.97. The van der Waals surface area contributed by atoms with Crippen molar-refractivity contribution in [3.05, 3.63) is 53.1 Å². The van der Waals surface area contributed by atoms with Crippen molar-refractivity contribution in [3.63, 3.8) is 0 Å². The molecule has 0 atom stereocenters. The molecule has 3 rings (SSSR count). The molecule has 4 nitrogen and oxygen atoms in total. The van der Waals surface area contributed by atoms with Crippen LogP contribution in [0.4, 0.5) is 10.8 Å². The van der Waals surface area contributed by atoms with E-state index in [1.165, 1.54) is 0 Å². The van der Waals surface area contributed by atoms with Gasteiger partial charge in [0.1, 0.15) is 0 Å². The monoisotopic (exact) mass is 298 g/mol. The van der Waals surface area contributed by atoms with Crippen molar-refractivity contribution in [2.75, 3.05) is 5.32 Å². The molecule has 21 heavy (non-hydrogen) atoms. The SMILES string of the molecule is Cc1ccc(C(=O)O)cc1Nc1nc2c(C)cccc2s1. The van der Waals surface area contributed by atoms with Crippen LogP contribution in [0.5, 0.6) is 0 Å². The number of aryl methyl sites for hydroxylation is 2. The van der Waals surface area contributed by atoms with Gasteiger partial charge in [-0.2, -0.15) is 0 Å². The molecule has 0 aliphatic heterocycles. The molecule has 0 amide bonds. The normalized spacial score (nSPS) is 10.8. The van der Waals surface area contributed by atoms with Crippen LogP contribution in [0, 0.1) is 13.8 Å². The van der Waals surface area contributed by atoms with E-state index < -0.39 is 5.97 Å². The van der Waals surface area contributed by atoms with Gasteiger partial charge >= 0.3 is 5.97 Å². The molecule has 5 heteroatoms. The van der Waals surface area contributed by atoms with Gasteiger partial charge in [-0.25, -0.2) is 9.78 Å². The van der Waals surface area contributed by atoms with Crippen molar-refractivity contribution in [1.29, 1.82) is 0 Å². The first-order chi connectivity index (χ1) is 10.0. The summed E-state index contributed by atoms with van der Waals surface area (Å²) >= 11 is 1.56. The van der Waals surface area contributed by atoms with E-state index in [0.717, 1.165) is 32.2 Å². The second-order valence-corrected chi connectivity index (χ2v) is 5.93. The van der Waals surface area contributed by atoms with E-state index in [-0.39, 0.29) is 5.56 Å². The first-order valence-electron chi connectivity index (χ1n) is 6.52. The fourth-order valence-electron chi connectivity index (χ4n) is 2.14. The van der Waals surface area contributed by atoms with Gasteiger partial charge in [0.05, 0.1) is 15.8 Å². The predicted octanol–water partition coefficient (Wildman–Crippen LogP) is 4.35. The summed E-state index contributed by atoms with van der Waals surface area (Å²) in [6.07, 6.45) is 0. The van der Waals surface area contributed by atoms with Crippen LogP contribution in [0.3, 0.4) is 0 Å². The lowest BCUT2D eigenvalue weighted by atomic mass is 10.1.